The van der Waals surface area contributed by atoms with Crippen LogP contribution in [0.15, 0.2) is 42.5 Å². The molecule has 1 aromatic carbocycles. The van der Waals surface area contributed by atoms with Crippen LogP contribution in [0.4, 0.5) is 0 Å². The molecular formula is C16H18O2. The minimum atomic E-state index is -0.428. The van der Waals surface area contributed by atoms with E-state index in [4.69, 9.17) is 4.74 Å². The van der Waals surface area contributed by atoms with Crippen LogP contribution in [0, 0.1) is 11.8 Å². The van der Waals surface area contributed by atoms with E-state index in [9.17, 15) is 4.79 Å². The summed E-state index contributed by atoms with van der Waals surface area (Å²) in [5.74, 6) is 5.68. The molecule has 0 heterocycles. The zero-order valence-electron chi connectivity index (χ0n) is 10.8. The smallest absolute Gasteiger partial charge is 0.304 e. The SMILES string of the molecule is C/C=C/C(C#CCCc1ccccc1)OC(C)=O. The normalized spacial score (nSPS) is 11.7. The molecule has 0 bridgehead atoms. The van der Waals surface area contributed by atoms with E-state index in [1.165, 1.54) is 12.5 Å². The van der Waals surface area contributed by atoms with Crippen molar-refractivity contribution in [1.82, 2.24) is 0 Å². The fourth-order valence-corrected chi connectivity index (χ4v) is 1.49. The van der Waals surface area contributed by atoms with Gasteiger partial charge in [0, 0.05) is 13.3 Å². The first kappa shape index (κ1) is 14.1. The Morgan fingerprint density at radius 2 is 2.11 bits per heavy atom. The standard InChI is InChI=1S/C16H18O2/c1-3-9-16(18-14(2)17)13-8-7-12-15-10-5-4-6-11-15/h3-6,9-11,16H,7,12H2,1-2H3/b9-3+. The van der Waals surface area contributed by atoms with Gasteiger partial charge in [-0.3, -0.25) is 4.79 Å². The number of aryl methyl sites for hydroxylation is 1. The van der Waals surface area contributed by atoms with Crippen LogP contribution < -0.4 is 0 Å². The first-order valence-electron chi connectivity index (χ1n) is 6.04. The third-order valence-corrected chi connectivity index (χ3v) is 2.29. The molecule has 18 heavy (non-hydrogen) atoms. The van der Waals surface area contributed by atoms with E-state index in [0.29, 0.717) is 0 Å². The summed E-state index contributed by atoms with van der Waals surface area (Å²) in [4.78, 5) is 10.9. The Labute approximate surface area is 109 Å². The summed E-state index contributed by atoms with van der Waals surface area (Å²) < 4.78 is 5.04. The molecule has 1 atom stereocenters. The first-order chi connectivity index (χ1) is 8.72. The number of ether oxygens (including phenoxy) is 1. The average molecular weight is 242 g/mol. The van der Waals surface area contributed by atoms with Gasteiger partial charge in [-0.05, 0) is 25.0 Å². The predicted octanol–water partition coefficient (Wildman–Crippen LogP) is 3.13. The molecule has 0 aliphatic carbocycles. The highest BCUT2D eigenvalue weighted by Crippen LogP contribution is 2.01. The Morgan fingerprint density at radius 3 is 2.72 bits per heavy atom. The number of esters is 1. The van der Waals surface area contributed by atoms with Crippen molar-refractivity contribution in [2.24, 2.45) is 0 Å². The highest BCUT2D eigenvalue weighted by atomic mass is 16.5. The molecule has 0 saturated heterocycles. The van der Waals surface area contributed by atoms with Gasteiger partial charge in [0.1, 0.15) is 0 Å². The number of hydrogen-bond donors (Lipinski definition) is 0. The Kier molecular flexibility index (Phi) is 6.35. The summed E-state index contributed by atoms with van der Waals surface area (Å²) in [6.07, 6.45) is 4.86. The second-order valence-electron chi connectivity index (χ2n) is 3.86. The van der Waals surface area contributed by atoms with Crippen LogP contribution >= 0.6 is 0 Å². The van der Waals surface area contributed by atoms with Gasteiger partial charge in [-0.1, -0.05) is 48.2 Å². The fourth-order valence-electron chi connectivity index (χ4n) is 1.49. The fraction of sp³-hybridized carbons (Fsp3) is 0.312. The van der Waals surface area contributed by atoms with Gasteiger partial charge in [-0.15, -0.1) is 0 Å². The Bertz CT molecular complexity index is 449. The minimum absolute atomic E-state index is 0.310. The maximum absolute atomic E-state index is 10.9. The van der Waals surface area contributed by atoms with Gasteiger partial charge >= 0.3 is 5.97 Å². The number of rotatable bonds is 4. The van der Waals surface area contributed by atoms with Crippen molar-refractivity contribution in [3.63, 3.8) is 0 Å². The molecule has 0 N–H and O–H groups in total. The van der Waals surface area contributed by atoms with Crippen molar-refractivity contribution in [2.75, 3.05) is 0 Å². The molecule has 1 aromatic rings. The largest absolute Gasteiger partial charge is 0.445 e. The molecule has 0 spiro atoms. The molecular weight excluding hydrogens is 224 g/mol. The minimum Gasteiger partial charge on any atom is -0.445 e. The van der Waals surface area contributed by atoms with Gasteiger partial charge in [0.25, 0.3) is 0 Å². The summed E-state index contributed by atoms with van der Waals surface area (Å²) >= 11 is 0. The molecule has 0 aliphatic rings. The van der Waals surface area contributed by atoms with Crippen molar-refractivity contribution in [3.8, 4) is 11.8 Å². The quantitative estimate of drug-likeness (QED) is 0.460. The molecule has 0 saturated carbocycles. The van der Waals surface area contributed by atoms with Crippen LogP contribution in [0.2, 0.25) is 0 Å². The summed E-state index contributed by atoms with van der Waals surface area (Å²) in [7, 11) is 0. The number of benzene rings is 1. The first-order valence-corrected chi connectivity index (χ1v) is 6.04. The van der Waals surface area contributed by atoms with Crippen molar-refractivity contribution in [3.05, 3.63) is 48.0 Å². The van der Waals surface area contributed by atoms with E-state index < -0.39 is 6.10 Å². The zero-order chi connectivity index (χ0) is 13.2. The van der Waals surface area contributed by atoms with Crippen LogP contribution in [-0.2, 0) is 16.0 Å². The van der Waals surface area contributed by atoms with Gasteiger partial charge in [-0.25, -0.2) is 0 Å². The summed E-state index contributed by atoms with van der Waals surface area (Å²) in [5, 5.41) is 0. The third-order valence-electron chi connectivity index (χ3n) is 2.29. The molecule has 0 aliphatic heterocycles. The lowest BCUT2D eigenvalue weighted by Crippen LogP contribution is -2.11. The van der Waals surface area contributed by atoms with E-state index in [1.807, 2.05) is 31.2 Å². The van der Waals surface area contributed by atoms with Crippen molar-refractivity contribution < 1.29 is 9.53 Å². The molecule has 0 radical (unpaired) electrons. The summed E-state index contributed by atoms with van der Waals surface area (Å²) in [6.45, 7) is 3.27. The Morgan fingerprint density at radius 1 is 1.39 bits per heavy atom. The number of carbonyl (C=O) groups is 1. The number of carbonyl (C=O) groups excluding carboxylic acids is 1. The average Bonchev–Trinajstić information content (AvgIpc) is 2.35. The lowest BCUT2D eigenvalue weighted by molar-refractivity contribution is -0.142. The van der Waals surface area contributed by atoms with Crippen LogP contribution in [0.25, 0.3) is 0 Å². The van der Waals surface area contributed by atoms with Gasteiger partial charge in [0.2, 0.25) is 0 Å². The monoisotopic (exact) mass is 242 g/mol. The van der Waals surface area contributed by atoms with Crippen LogP contribution in [0.1, 0.15) is 25.8 Å². The second kappa shape index (κ2) is 8.14. The van der Waals surface area contributed by atoms with Gasteiger partial charge in [0.05, 0.1) is 0 Å². The molecule has 0 fully saturated rings. The number of hydrogen-bond acceptors (Lipinski definition) is 2. The zero-order valence-corrected chi connectivity index (χ0v) is 10.8. The molecule has 2 heteroatoms. The summed E-state index contributed by atoms with van der Waals surface area (Å²) in [5.41, 5.74) is 1.27. The predicted molar refractivity (Wildman–Crippen MR) is 72.9 cm³/mol. The lowest BCUT2D eigenvalue weighted by atomic mass is 10.1. The van der Waals surface area contributed by atoms with E-state index in [2.05, 4.69) is 24.0 Å². The highest BCUT2D eigenvalue weighted by Gasteiger charge is 2.02. The lowest BCUT2D eigenvalue weighted by Gasteiger charge is -2.04. The third kappa shape index (κ3) is 5.91. The van der Waals surface area contributed by atoms with Crippen molar-refractivity contribution in [2.45, 2.75) is 32.8 Å². The molecule has 0 aromatic heterocycles. The van der Waals surface area contributed by atoms with Gasteiger partial charge in [-0.2, -0.15) is 0 Å². The number of allylic oxidation sites excluding steroid dienone is 1. The van der Waals surface area contributed by atoms with Crippen LogP contribution in [-0.4, -0.2) is 12.1 Å². The van der Waals surface area contributed by atoms with E-state index in [1.54, 1.807) is 6.08 Å². The van der Waals surface area contributed by atoms with E-state index in [0.717, 1.165) is 12.8 Å². The highest BCUT2D eigenvalue weighted by molar-refractivity contribution is 5.66. The van der Waals surface area contributed by atoms with E-state index >= 15 is 0 Å². The van der Waals surface area contributed by atoms with Crippen LogP contribution in [0.5, 0.6) is 0 Å². The molecule has 2 nitrogen and oxygen atoms in total. The maximum Gasteiger partial charge on any atom is 0.304 e. The molecule has 94 valence electrons. The van der Waals surface area contributed by atoms with Crippen LogP contribution in [0.3, 0.4) is 0 Å². The summed E-state index contributed by atoms with van der Waals surface area (Å²) in [6, 6.07) is 10.2. The molecule has 1 unspecified atom stereocenters. The molecule has 1 rings (SSSR count). The Hall–Kier alpha value is -2.01. The van der Waals surface area contributed by atoms with Crippen molar-refractivity contribution >= 4 is 5.97 Å². The molecule has 0 amide bonds. The maximum atomic E-state index is 10.9. The second-order valence-corrected chi connectivity index (χ2v) is 3.86. The Balaban J connectivity index is 2.45. The topological polar surface area (TPSA) is 26.3 Å². The van der Waals surface area contributed by atoms with Gasteiger partial charge < -0.3 is 4.74 Å². The van der Waals surface area contributed by atoms with Gasteiger partial charge in [0.15, 0.2) is 6.10 Å². The van der Waals surface area contributed by atoms with Crippen molar-refractivity contribution in [1.29, 1.82) is 0 Å². The van der Waals surface area contributed by atoms with E-state index in [-0.39, 0.29) is 5.97 Å².